The number of aliphatic hydroxyl groups is 2. The van der Waals surface area contributed by atoms with Gasteiger partial charge in [-0.3, -0.25) is 0 Å². The summed E-state index contributed by atoms with van der Waals surface area (Å²) in [5, 5.41) is 21.1. The Labute approximate surface area is 129 Å². The summed E-state index contributed by atoms with van der Waals surface area (Å²) in [6.07, 6.45) is 2.23. The first-order valence-electron chi connectivity index (χ1n) is 7.73. The summed E-state index contributed by atoms with van der Waals surface area (Å²) in [7, 11) is 0. The molecular weight excluding hydrogens is 272 g/mol. The minimum absolute atomic E-state index is 0.0574. The van der Waals surface area contributed by atoms with E-state index in [1.165, 1.54) is 22.3 Å². The Balaban J connectivity index is 1.87. The van der Waals surface area contributed by atoms with Crippen molar-refractivity contribution in [3.8, 4) is 0 Å². The van der Waals surface area contributed by atoms with Crippen LogP contribution in [0, 0.1) is 0 Å². The molecule has 22 heavy (non-hydrogen) atoms. The maximum absolute atomic E-state index is 10.5. The van der Waals surface area contributed by atoms with E-state index in [1.807, 2.05) is 0 Å². The first kappa shape index (κ1) is 12.4. The van der Waals surface area contributed by atoms with Gasteiger partial charge in [0.15, 0.2) is 0 Å². The topological polar surface area (TPSA) is 40.5 Å². The molecule has 2 aromatic rings. The third kappa shape index (κ3) is 1.37. The molecule has 2 aromatic carbocycles. The van der Waals surface area contributed by atoms with E-state index in [0.717, 1.165) is 11.1 Å². The quantitative estimate of drug-likeness (QED) is 0.732. The molecular formula is C20H16O2. The fourth-order valence-corrected chi connectivity index (χ4v) is 4.51. The van der Waals surface area contributed by atoms with Crippen LogP contribution in [-0.4, -0.2) is 22.4 Å². The molecule has 0 radical (unpaired) electrons. The molecule has 0 heterocycles. The van der Waals surface area contributed by atoms with E-state index in [4.69, 9.17) is 0 Å². The Kier molecular flexibility index (Phi) is 2.36. The fraction of sp³-hybridized carbons (Fsp3) is 0.200. The molecule has 2 atom stereocenters. The molecule has 2 N–H and O–H groups in total. The van der Waals surface area contributed by atoms with Crippen molar-refractivity contribution >= 4 is 0 Å². The molecule has 0 spiro atoms. The van der Waals surface area contributed by atoms with Gasteiger partial charge in [-0.1, -0.05) is 60.7 Å². The van der Waals surface area contributed by atoms with E-state index < -0.39 is 12.2 Å². The monoisotopic (exact) mass is 288 g/mol. The Morgan fingerprint density at radius 1 is 0.545 bits per heavy atom. The van der Waals surface area contributed by atoms with Crippen LogP contribution in [0.2, 0.25) is 0 Å². The summed E-state index contributed by atoms with van der Waals surface area (Å²) < 4.78 is 0. The van der Waals surface area contributed by atoms with E-state index in [1.54, 1.807) is 12.2 Å². The van der Waals surface area contributed by atoms with E-state index in [-0.39, 0.29) is 11.8 Å². The summed E-state index contributed by atoms with van der Waals surface area (Å²) in [6, 6.07) is 16.9. The first-order valence-corrected chi connectivity index (χ1v) is 7.73. The van der Waals surface area contributed by atoms with Crippen molar-refractivity contribution in [3.63, 3.8) is 0 Å². The molecule has 0 saturated heterocycles. The normalized spacial score (nSPS) is 30.8. The van der Waals surface area contributed by atoms with Gasteiger partial charge in [0.05, 0.1) is 12.2 Å². The molecule has 108 valence electrons. The standard InChI is InChI=1S/C20H16O2/c21-15-9-10-16(22)20-18-12-6-2-1-5-11(12)17(19(15)20)13-7-3-4-8-14(13)18/h1-10,15-18,21-22H. The maximum Gasteiger partial charge on any atom is 0.0946 e. The second-order valence-corrected chi connectivity index (χ2v) is 6.31. The smallest absolute Gasteiger partial charge is 0.0946 e. The summed E-state index contributed by atoms with van der Waals surface area (Å²) >= 11 is 0. The second-order valence-electron chi connectivity index (χ2n) is 6.31. The van der Waals surface area contributed by atoms with Crippen LogP contribution >= 0.6 is 0 Å². The third-order valence-electron chi connectivity index (χ3n) is 5.30. The lowest BCUT2D eigenvalue weighted by Gasteiger charge is -2.46. The van der Waals surface area contributed by atoms with E-state index in [2.05, 4.69) is 48.5 Å². The van der Waals surface area contributed by atoms with Gasteiger partial charge in [0.2, 0.25) is 0 Å². The number of benzene rings is 2. The van der Waals surface area contributed by atoms with Crippen molar-refractivity contribution in [1.82, 2.24) is 0 Å². The van der Waals surface area contributed by atoms with Gasteiger partial charge in [-0.2, -0.15) is 0 Å². The van der Waals surface area contributed by atoms with Crippen molar-refractivity contribution in [1.29, 1.82) is 0 Å². The van der Waals surface area contributed by atoms with Gasteiger partial charge in [0.1, 0.15) is 0 Å². The second kappa shape index (κ2) is 4.19. The van der Waals surface area contributed by atoms with E-state index in [0.29, 0.717) is 0 Å². The maximum atomic E-state index is 10.5. The van der Waals surface area contributed by atoms with Crippen LogP contribution < -0.4 is 0 Å². The Morgan fingerprint density at radius 2 is 0.864 bits per heavy atom. The van der Waals surface area contributed by atoms with Crippen LogP contribution in [0.5, 0.6) is 0 Å². The van der Waals surface area contributed by atoms with Crippen molar-refractivity contribution < 1.29 is 10.2 Å². The van der Waals surface area contributed by atoms with Crippen molar-refractivity contribution in [2.75, 3.05) is 0 Å². The summed E-state index contributed by atoms with van der Waals surface area (Å²) in [6.45, 7) is 0. The van der Waals surface area contributed by atoms with Crippen LogP contribution in [0.4, 0.5) is 0 Å². The highest BCUT2D eigenvalue weighted by Crippen LogP contribution is 2.57. The zero-order chi connectivity index (χ0) is 14.8. The highest BCUT2D eigenvalue weighted by atomic mass is 16.3. The average Bonchev–Trinajstić information content (AvgIpc) is 2.58. The van der Waals surface area contributed by atoms with Crippen LogP contribution in [-0.2, 0) is 0 Å². The number of aliphatic hydroxyl groups excluding tert-OH is 2. The molecule has 2 nitrogen and oxygen atoms in total. The van der Waals surface area contributed by atoms with Crippen LogP contribution in [0.3, 0.4) is 0 Å². The van der Waals surface area contributed by atoms with Gasteiger partial charge in [-0.15, -0.1) is 0 Å². The summed E-state index contributed by atoms with van der Waals surface area (Å²) in [5.41, 5.74) is 7.05. The van der Waals surface area contributed by atoms with Crippen LogP contribution in [0.15, 0.2) is 71.8 Å². The molecule has 4 aliphatic rings. The molecule has 0 saturated carbocycles. The van der Waals surface area contributed by atoms with Gasteiger partial charge < -0.3 is 10.2 Å². The largest absolute Gasteiger partial charge is 0.385 e. The highest BCUT2D eigenvalue weighted by Gasteiger charge is 2.46. The SMILES string of the molecule is OC1C=CC(O)C2=C1C1c3ccccc3C2c2ccccc21. The molecule has 2 heteroatoms. The zero-order valence-corrected chi connectivity index (χ0v) is 12.0. The lowest BCUT2D eigenvalue weighted by molar-refractivity contribution is 0.207. The van der Waals surface area contributed by atoms with Gasteiger partial charge in [0, 0.05) is 11.8 Å². The van der Waals surface area contributed by atoms with Gasteiger partial charge in [-0.05, 0) is 33.4 Å². The Hall–Kier alpha value is -2.16. The van der Waals surface area contributed by atoms with Gasteiger partial charge in [-0.25, -0.2) is 0 Å². The highest BCUT2D eigenvalue weighted by molar-refractivity contribution is 5.68. The molecule has 6 rings (SSSR count). The van der Waals surface area contributed by atoms with Crippen LogP contribution in [0.25, 0.3) is 0 Å². The van der Waals surface area contributed by atoms with Crippen LogP contribution in [0.1, 0.15) is 34.1 Å². The molecule has 0 aliphatic heterocycles. The fourth-order valence-electron chi connectivity index (χ4n) is 4.51. The molecule has 2 bridgehead atoms. The minimum Gasteiger partial charge on any atom is -0.385 e. The predicted octanol–water partition coefficient (Wildman–Crippen LogP) is 2.87. The lowest BCUT2D eigenvalue weighted by Crippen LogP contribution is -2.37. The van der Waals surface area contributed by atoms with Crippen molar-refractivity contribution in [2.24, 2.45) is 0 Å². The molecule has 0 fully saturated rings. The summed E-state index contributed by atoms with van der Waals surface area (Å²) in [4.78, 5) is 0. The number of hydrogen-bond donors (Lipinski definition) is 2. The van der Waals surface area contributed by atoms with E-state index >= 15 is 0 Å². The van der Waals surface area contributed by atoms with Gasteiger partial charge >= 0.3 is 0 Å². The van der Waals surface area contributed by atoms with Gasteiger partial charge in [0.25, 0.3) is 0 Å². The molecule has 4 aliphatic carbocycles. The van der Waals surface area contributed by atoms with Crippen molar-refractivity contribution in [3.05, 3.63) is 94.1 Å². The lowest BCUT2D eigenvalue weighted by atomic mass is 9.58. The molecule has 2 unspecified atom stereocenters. The molecule has 0 aromatic heterocycles. The van der Waals surface area contributed by atoms with E-state index in [9.17, 15) is 10.2 Å². The first-order chi connectivity index (χ1) is 10.8. The Morgan fingerprint density at radius 3 is 1.18 bits per heavy atom. The predicted molar refractivity (Wildman–Crippen MR) is 84.7 cm³/mol. The minimum atomic E-state index is -0.604. The summed E-state index contributed by atoms with van der Waals surface area (Å²) in [5.74, 6) is 0.115. The number of hydrogen-bond acceptors (Lipinski definition) is 2. The Bertz CT molecular complexity index is 731. The zero-order valence-electron chi connectivity index (χ0n) is 12.0. The third-order valence-corrected chi connectivity index (χ3v) is 5.30. The number of rotatable bonds is 0. The van der Waals surface area contributed by atoms with Crippen molar-refractivity contribution in [2.45, 2.75) is 24.0 Å². The average molecular weight is 288 g/mol. The molecule has 0 amide bonds.